The van der Waals surface area contributed by atoms with Crippen molar-refractivity contribution in [3.05, 3.63) is 24.3 Å². The zero-order valence-electron chi connectivity index (χ0n) is 13.2. The Bertz CT molecular complexity index is 403. The summed E-state index contributed by atoms with van der Waals surface area (Å²) >= 11 is 0. The van der Waals surface area contributed by atoms with E-state index in [0.717, 1.165) is 38.6 Å². The number of nitrogens with one attached hydrogen (secondary N) is 1. The molecule has 1 aromatic rings. The minimum atomic E-state index is 0.821. The summed E-state index contributed by atoms with van der Waals surface area (Å²) < 4.78 is 0. The highest BCUT2D eigenvalue weighted by Gasteiger charge is 2.18. The molecule has 0 amide bonds. The Morgan fingerprint density at radius 2 is 1.85 bits per heavy atom. The monoisotopic (exact) mass is 275 g/mol. The van der Waals surface area contributed by atoms with Crippen LogP contribution in [0.5, 0.6) is 0 Å². The second-order valence-electron chi connectivity index (χ2n) is 6.18. The fraction of sp³-hybridized carbons (Fsp3) is 0.647. The number of rotatable bonds is 7. The lowest BCUT2D eigenvalue weighted by Gasteiger charge is -2.37. The average Bonchev–Trinajstić information content (AvgIpc) is 2.45. The number of likely N-dealkylation sites (N-methyl/N-ethyl adjacent to an activating group) is 1. The topological polar surface area (TPSA) is 18.5 Å². The van der Waals surface area contributed by atoms with E-state index in [2.05, 4.69) is 60.3 Å². The van der Waals surface area contributed by atoms with E-state index >= 15 is 0 Å². The first-order valence-electron chi connectivity index (χ1n) is 7.94. The lowest BCUT2D eigenvalue weighted by molar-refractivity contribution is 0.527. The van der Waals surface area contributed by atoms with Crippen LogP contribution < -0.4 is 15.1 Å². The minimum absolute atomic E-state index is 0.821. The normalized spacial score (nSPS) is 14.8. The Hall–Kier alpha value is -1.22. The summed E-state index contributed by atoms with van der Waals surface area (Å²) in [6.45, 7) is 10.2. The van der Waals surface area contributed by atoms with Gasteiger partial charge in [0.2, 0.25) is 0 Å². The molecule has 0 atom stereocenters. The molecule has 3 nitrogen and oxygen atoms in total. The molecule has 2 rings (SSSR count). The van der Waals surface area contributed by atoms with Gasteiger partial charge in [-0.15, -0.1) is 0 Å². The highest BCUT2D eigenvalue weighted by Crippen LogP contribution is 2.31. The maximum Gasteiger partial charge on any atom is 0.0605 e. The Labute approximate surface area is 124 Å². The van der Waals surface area contributed by atoms with Crippen LogP contribution in [0.4, 0.5) is 11.4 Å². The van der Waals surface area contributed by atoms with Gasteiger partial charge in [0.1, 0.15) is 0 Å². The van der Waals surface area contributed by atoms with Crippen molar-refractivity contribution in [2.24, 2.45) is 5.92 Å². The van der Waals surface area contributed by atoms with Crippen molar-refractivity contribution in [3.8, 4) is 0 Å². The number of hydrogen-bond acceptors (Lipinski definition) is 3. The molecule has 3 heteroatoms. The highest BCUT2D eigenvalue weighted by molar-refractivity contribution is 5.73. The molecule has 1 heterocycles. The zero-order chi connectivity index (χ0) is 14.4. The summed E-state index contributed by atoms with van der Waals surface area (Å²) in [4.78, 5) is 4.85. The van der Waals surface area contributed by atoms with Crippen molar-refractivity contribution >= 4 is 11.4 Å². The van der Waals surface area contributed by atoms with E-state index < -0.39 is 0 Å². The molecule has 1 N–H and O–H groups in total. The summed E-state index contributed by atoms with van der Waals surface area (Å²) in [7, 11) is 2.18. The Kier molecular flexibility index (Phi) is 5.72. The predicted molar refractivity (Wildman–Crippen MR) is 88.9 cm³/mol. The molecule has 1 aliphatic heterocycles. The number of hydrogen-bond donors (Lipinski definition) is 1. The van der Waals surface area contributed by atoms with Crippen molar-refractivity contribution in [2.45, 2.75) is 26.7 Å². The Morgan fingerprint density at radius 3 is 2.60 bits per heavy atom. The number of fused-ring (bicyclic) bond motifs is 1. The summed E-state index contributed by atoms with van der Waals surface area (Å²) in [5, 5.41) is 3.57. The highest BCUT2D eigenvalue weighted by atomic mass is 15.3. The van der Waals surface area contributed by atoms with Gasteiger partial charge in [0, 0.05) is 33.2 Å². The molecule has 1 aliphatic rings. The molecule has 20 heavy (non-hydrogen) atoms. The number of para-hydroxylation sites is 2. The Balaban J connectivity index is 1.76. The van der Waals surface area contributed by atoms with Gasteiger partial charge in [-0.3, -0.25) is 0 Å². The molecule has 0 saturated carbocycles. The van der Waals surface area contributed by atoms with Crippen LogP contribution in [-0.4, -0.2) is 39.8 Å². The van der Waals surface area contributed by atoms with Gasteiger partial charge in [-0.05, 0) is 37.4 Å². The molecule has 0 bridgehead atoms. The van der Waals surface area contributed by atoms with E-state index in [1.165, 1.54) is 24.2 Å². The van der Waals surface area contributed by atoms with Gasteiger partial charge in [0.15, 0.2) is 0 Å². The zero-order valence-corrected chi connectivity index (χ0v) is 13.2. The van der Waals surface area contributed by atoms with E-state index in [1.54, 1.807) is 0 Å². The van der Waals surface area contributed by atoms with E-state index in [0.29, 0.717) is 0 Å². The van der Waals surface area contributed by atoms with Gasteiger partial charge in [0.25, 0.3) is 0 Å². The van der Waals surface area contributed by atoms with Crippen LogP contribution in [0.1, 0.15) is 26.7 Å². The third-order valence-electron chi connectivity index (χ3n) is 4.03. The summed E-state index contributed by atoms with van der Waals surface area (Å²) in [6.07, 6.45) is 2.61. The predicted octanol–water partition coefficient (Wildman–Crippen LogP) is 2.97. The second-order valence-corrected chi connectivity index (χ2v) is 6.18. The van der Waals surface area contributed by atoms with Crippen LogP contribution in [-0.2, 0) is 0 Å². The second kappa shape index (κ2) is 7.53. The van der Waals surface area contributed by atoms with Crippen LogP contribution in [0.15, 0.2) is 24.3 Å². The first kappa shape index (κ1) is 15.2. The largest absolute Gasteiger partial charge is 0.371 e. The molecular formula is C17H29N3. The van der Waals surface area contributed by atoms with Crippen molar-refractivity contribution < 1.29 is 0 Å². The standard InChI is InChI=1S/C17H29N3/c1-15(2)7-6-10-18-11-12-20-14-13-19(3)16-8-4-5-9-17(16)20/h4-5,8-9,15,18H,6-7,10-14H2,1-3H3. The van der Waals surface area contributed by atoms with Gasteiger partial charge in [-0.25, -0.2) is 0 Å². The summed E-state index contributed by atoms with van der Waals surface area (Å²) in [6, 6.07) is 8.73. The Morgan fingerprint density at radius 1 is 1.10 bits per heavy atom. The molecular weight excluding hydrogens is 246 g/mol. The first-order valence-corrected chi connectivity index (χ1v) is 7.94. The third kappa shape index (κ3) is 4.14. The fourth-order valence-corrected chi connectivity index (χ4v) is 2.77. The smallest absolute Gasteiger partial charge is 0.0605 e. The van der Waals surface area contributed by atoms with Crippen LogP contribution in [0.25, 0.3) is 0 Å². The number of nitrogens with zero attached hydrogens (tertiary/aromatic N) is 2. The molecule has 112 valence electrons. The molecule has 0 saturated heterocycles. The van der Waals surface area contributed by atoms with E-state index in [-0.39, 0.29) is 0 Å². The fourth-order valence-electron chi connectivity index (χ4n) is 2.77. The van der Waals surface area contributed by atoms with Crippen molar-refractivity contribution in [1.29, 1.82) is 0 Å². The summed E-state index contributed by atoms with van der Waals surface area (Å²) in [5.74, 6) is 0.821. The van der Waals surface area contributed by atoms with Crippen molar-refractivity contribution in [2.75, 3.05) is 49.6 Å². The number of anilines is 2. The van der Waals surface area contributed by atoms with Gasteiger partial charge >= 0.3 is 0 Å². The first-order chi connectivity index (χ1) is 9.68. The molecule has 1 aromatic carbocycles. The third-order valence-corrected chi connectivity index (χ3v) is 4.03. The maximum atomic E-state index is 3.57. The van der Waals surface area contributed by atoms with Crippen LogP contribution in [0.2, 0.25) is 0 Å². The van der Waals surface area contributed by atoms with Gasteiger partial charge in [0.05, 0.1) is 11.4 Å². The van der Waals surface area contributed by atoms with Gasteiger partial charge < -0.3 is 15.1 Å². The van der Waals surface area contributed by atoms with Gasteiger partial charge in [-0.2, -0.15) is 0 Å². The van der Waals surface area contributed by atoms with Crippen molar-refractivity contribution in [3.63, 3.8) is 0 Å². The summed E-state index contributed by atoms with van der Waals surface area (Å²) in [5.41, 5.74) is 2.74. The minimum Gasteiger partial charge on any atom is -0.371 e. The molecule has 0 unspecified atom stereocenters. The molecule has 0 aromatic heterocycles. The molecule has 0 aliphatic carbocycles. The van der Waals surface area contributed by atoms with E-state index in [4.69, 9.17) is 0 Å². The molecule has 0 spiro atoms. The SMILES string of the molecule is CC(C)CCCNCCN1CCN(C)c2ccccc21. The van der Waals surface area contributed by atoms with E-state index in [9.17, 15) is 0 Å². The lowest BCUT2D eigenvalue weighted by atomic mass is 10.1. The van der Waals surface area contributed by atoms with Crippen LogP contribution >= 0.6 is 0 Å². The van der Waals surface area contributed by atoms with Crippen LogP contribution in [0, 0.1) is 5.92 Å². The molecule has 0 radical (unpaired) electrons. The maximum absolute atomic E-state index is 3.57. The van der Waals surface area contributed by atoms with Crippen LogP contribution in [0.3, 0.4) is 0 Å². The lowest BCUT2D eigenvalue weighted by Crippen LogP contribution is -2.42. The van der Waals surface area contributed by atoms with Crippen molar-refractivity contribution in [1.82, 2.24) is 5.32 Å². The quantitative estimate of drug-likeness (QED) is 0.772. The number of benzene rings is 1. The average molecular weight is 275 g/mol. The van der Waals surface area contributed by atoms with Gasteiger partial charge in [-0.1, -0.05) is 26.0 Å². The van der Waals surface area contributed by atoms with E-state index in [1.807, 2.05) is 0 Å². The molecule has 0 fully saturated rings.